The molecule has 0 unspecified atom stereocenters. The maximum absolute atomic E-state index is 11.2. The lowest BCUT2D eigenvalue weighted by atomic mass is 9.96. The van der Waals surface area contributed by atoms with Gasteiger partial charge in [-0.25, -0.2) is 4.98 Å². The van der Waals surface area contributed by atoms with Crippen LogP contribution in [-0.2, 0) is 11.3 Å². The van der Waals surface area contributed by atoms with Gasteiger partial charge in [-0.15, -0.1) is 0 Å². The lowest BCUT2D eigenvalue weighted by Crippen LogP contribution is -2.38. The Labute approximate surface area is 130 Å². The third-order valence-electron chi connectivity index (χ3n) is 4.23. The van der Waals surface area contributed by atoms with Crippen LogP contribution in [0.5, 0.6) is 0 Å². The van der Waals surface area contributed by atoms with Crippen LogP contribution < -0.4 is 5.73 Å². The van der Waals surface area contributed by atoms with E-state index in [9.17, 15) is 4.79 Å². The van der Waals surface area contributed by atoms with Gasteiger partial charge in [0.15, 0.2) is 0 Å². The number of hydrogen-bond acceptors (Lipinski definition) is 4. The molecule has 5 nitrogen and oxygen atoms in total. The maximum Gasteiger partial charge on any atom is 0.226 e. The van der Waals surface area contributed by atoms with Crippen molar-refractivity contribution in [2.24, 2.45) is 11.7 Å². The van der Waals surface area contributed by atoms with Crippen molar-refractivity contribution in [3.63, 3.8) is 0 Å². The van der Waals surface area contributed by atoms with Crippen LogP contribution in [0.3, 0.4) is 0 Å². The third kappa shape index (κ3) is 3.36. The quantitative estimate of drug-likeness (QED) is 0.940. The first-order chi connectivity index (χ1) is 10.6. The van der Waals surface area contributed by atoms with Gasteiger partial charge in [0.25, 0.3) is 0 Å². The first-order valence-corrected chi connectivity index (χ1v) is 7.65. The van der Waals surface area contributed by atoms with Gasteiger partial charge in [-0.2, -0.15) is 0 Å². The first-order valence-electron chi connectivity index (χ1n) is 7.65. The number of oxazole rings is 1. The van der Waals surface area contributed by atoms with Crippen molar-refractivity contribution in [2.75, 3.05) is 13.1 Å². The molecule has 1 aromatic heterocycles. The predicted molar refractivity (Wildman–Crippen MR) is 83.9 cm³/mol. The van der Waals surface area contributed by atoms with Gasteiger partial charge in [-0.05, 0) is 45.0 Å². The molecule has 2 N–H and O–H groups in total. The van der Waals surface area contributed by atoms with E-state index in [2.05, 4.69) is 16.8 Å². The number of hydrogen-bond donors (Lipinski definition) is 1. The van der Waals surface area contributed by atoms with Crippen LogP contribution in [-0.4, -0.2) is 28.9 Å². The first kappa shape index (κ1) is 14.8. The van der Waals surface area contributed by atoms with Gasteiger partial charge < -0.3 is 10.2 Å². The Kier molecular flexibility index (Phi) is 4.24. The Balaban J connectivity index is 1.60. The lowest BCUT2D eigenvalue weighted by molar-refractivity contribution is -0.123. The van der Waals surface area contributed by atoms with Crippen molar-refractivity contribution < 1.29 is 9.21 Å². The van der Waals surface area contributed by atoms with Crippen molar-refractivity contribution in [1.82, 2.24) is 9.88 Å². The van der Waals surface area contributed by atoms with Crippen molar-refractivity contribution >= 4 is 5.91 Å². The average molecular weight is 299 g/mol. The van der Waals surface area contributed by atoms with E-state index in [-0.39, 0.29) is 11.8 Å². The minimum Gasteiger partial charge on any atom is -0.444 e. The van der Waals surface area contributed by atoms with E-state index in [0.717, 1.165) is 43.7 Å². The van der Waals surface area contributed by atoms with Gasteiger partial charge in [-0.3, -0.25) is 9.69 Å². The summed E-state index contributed by atoms with van der Waals surface area (Å²) in [4.78, 5) is 18.0. The van der Waals surface area contributed by atoms with Crippen molar-refractivity contribution in [1.29, 1.82) is 0 Å². The number of carbonyl (C=O) groups is 1. The molecule has 0 spiro atoms. The number of carbonyl (C=O) groups excluding carboxylic acids is 1. The number of rotatable bonds is 4. The predicted octanol–water partition coefficient (Wildman–Crippen LogP) is 2.35. The lowest BCUT2D eigenvalue weighted by Gasteiger charge is -2.29. The van der Waals surface area contributed by atoms with Crippen LogP contribution >= 0.6 is 0 Å². The summed E-state index contributed by atoms with van der Waals surface area (Å²) in [6, 6.07) is 8.13. The molecule has 3 rings (SSSR count). The topological polar surface area (TPSA) is 72.4 Å². The number of piperidine rings is 1. The highest BCUT2D eigenvalue weighted by Gasteiger charge is 2.23. The van der Waals surface area contributed by atoms with Crippen molar-refractivity contribution in [3.05, 3.63) is 41.8 Å². The molecule has 0 aliphatic carbocycles. The fourth-order valence-corrected chi connectivity index (χ4v) is 2.81. The summed E-state index contributed by atoms with van der Waals surface area (Å²) in [6.07, 6.45) is 3.38. The Morgan fingerprint density at radius 2 is 2.00 bits per heavy atom. The molecular weight excluding hydrogens is 278 g/mol. The summed E-state index contributed by atoms with van der Waals surface area (Å²) >= 11 is 0. The molecule has 0 atom stereocenters. The number of primary amides is 1. The van der Waals surface area contributed by atoms with E-state index in [1.54, 1.807) is 6.26 Å². The Bertz CT molecular complexity index is 640. The summed E-state index contributed by atoms with van der Waals surface area (Å²) in [7, 11) is 0. The number of aromatic nitrogens is 1. The van der Waals surface area contributed by atoms with Crippen molar-refractivity contribution in [2.45, 2.75) is 26.3 Å². The molecule has 22 heavy (non-hydrogen) atoms. The third-order valence-corrected chi connectivity index (χ3v) is 4.23. The van der Waals surface area contributed by atoms with Crippen LogP contribution in [0.2, 0.25) is 0 Å². The zero-order valence-corrected chi connectivity index (χ0v) is 12.8. The zero-order valence-electron chi connectivity index (χ0n) is 12.8. The maximum atomic E-state index is 11.2. The van der Waals surface area contributed by atoms with E-state index in [4.69, 9.17) is 10.2 Å². The highest BCUT2D eigenvalue weighted by Crippen LogP contribution is 2.22. The monoisotopic (exact) mass is 299 g/mol. The Hall–Kier alpha value is -2.14. The molecule has 0 saturated carbocycles. The van der Waals surface area contributed by atoms with Crippen LogP contribution in [0.1, 0.15) is 24.1 Å². The molecule has 1 aromatic carbocycles. The van der Waals surface area contributed by atoms with E-state index in [1.807, 2.05) is 24.3 Å². The van der Waals surface area contributed by atoms with E-state index < -0.39 is 0 Å². The number of nitrogens with two attached hydrogens (primary N) is 1. The van der Waals surface area contributed by atoms with Crippen LogP contribution in [0, 0.1) is 12.8 Å². The standard InChI is InChI=1S/C17H21N3O2/c1-12-2-4-14(5-3-12)17-19-15(11-22-17)10-20-8-6-13(7-9-20)16(18)21/h2-5,11,13H,6-10H2,1H3,(H2,18,21). The summed E-state index contributed by atoms with van der Waals surface area (Å²) in [5.41, 5.74) is 8.49. The van der Waals surface area contributed by atoms with Crippen LogP contribution in [0.4, 0.5) is 0 Å². The second-order valence-corrected chi connectivity index (χ2v) is 5.96. The summed E-state index contributed by atoms with van der Waals surface area (Å²) in [5, 5.41) is 0. The Morgan fingerprint density at radius 1 is 1.32 bits per heavy atom. The summed E-state index contributed by atoms with van der Waals surface area (Å²) < 4.78 is 5.58. The minimum absolute atomic E-state index is 0.0247. The SMILES string of the molecule is Cc1ccc(-c2nc(CN3CCC(C(N)=O)CC3)co2)cc1. The highest BCUT2D eigenvalue weighted by molar-refractivity contribution is 5.76. The number of nitrogens with zero attached hydrogens (tertiary/aromatic N) is 2. The van der Waals surface area contributed by atoms with Gasteiger partial charge in [0, 0.05) is 18.0 Å². The van der Waals surface area contributed by atoms with Gasteiger partial charge in [0.2, 0.25) is 11.8 Å². The number of amides is 1. The largest absolute Gasteiger partial charge is 0.444 e. The fourth-order valence-electron chi connectivity index (χ4n) is 2.81. The average Bonchev–Trinajstić information content (AvgIpc) is 2.97. The number of likely N-dealkylation sites (tertiary alicyclic amines) is 1. The smallest absolute Gasteiger partial charge is 0.226 e. The molecule has 1 amide bonds. The molecule has 1 aliphatic rings. The van der Waals surface area contributed by atoms with E-state index >= 15 is 0 Å². The highest BCUT2D eigenvalue weighted by atomic mass is 16.3. The fraction of sp³-hybridized carbons (Fsp3) is 0.412. The normalized spacial score (nSPS) is 16.8. The second-order valence-electron chi connectivity index (χ2n) is 5.96. The van der Waals surface area contributed by atoms with E-state index in [0.29, 0.717) is 5.89 Å². The molecule has 1 fully saturated rings. The molecule has 2 heterocycles. The molecule has 116 valence electrons. The molecule has 5 heteroatoms. The number of benzene rings is 1. The van der Waals surface area contributed by atoms with Crippen LogP contribution in [0.15, 0.2) is 34.9 Å². The number of aryl methyl sites for hydroxylation is 1. The molecule has 1 saturated heterocycles. The molecular formula is C17H21N3O2. The Morgan fingerprint density at radius 3 is 2.64 bits per heavy atom. The minimum atomic E-state index is -0.178. The van der Waals surface area contributed by atoms with E-state index in [1.165, 1.54) is 5.56 Å². The molecule has 2 aromatic rings. The van der Waals surface area contributed by atoms with Gasteiger partial charge in [0.05, 0.1) is 5.69 Å². The van der Waals surface area contributed by atoms with Crippen molar-refractivity contribution in [3.8, 4) is 11.5 Å². The summed E-state index contributed by atoms with van der Waals surface area (Å²) in [6.45, 7) is 4.56. The molecule has 1 aliphatic heterocycles. The van der Waals surface area contributed by atoms with Gasteiger partial charge in [-0.1, -0.05) is 17.7 Å². The second kappa shape index (κ2) is 6.32. The van der Waals surface area contributed by atoms with Gasteiger partial charge >= 0.3 is 0 Å². The molecule has 0 radical (unpaired) electrons. The van der Waals surface area contributed by atoms with Gasteiger partial charge in [0.1, 0.15) is 6.26 Å². The molecule has 0 bridgehead atoms. The van der Waals surface area contributed by atoms with Crippen LogP contribution in [0.25, 0.3) is 11.5 Å². The summed E-state index contributed by atoms with van der Waals surface area (Å²) in [5.74, 6) is 0.501. The zero-order chi connectivity index (χ0) is 15.5.